The van der Waals surface area contributed by atoms with E-state index < -0.39 is 17.6 Å². The number of alkyl halides is 3. The van der Waals surface area contributed by atoms with Crippen molar-refractivity contribution in [3.63, 3.8) is 0 Å². The highest BCUT2D eigenvalue weighted by atomic mass is 35.5. The molecule has 2 heterocycles. The molecule has 1 aromatic carbocycles. The number of hydrogen-bond donors (Lipinski definition) is 2. The van der Waals surface area contributed by atoms with Gasteiger partial charge in [-0.3, -0.25) is 15.6 Å². The highest BCUT2D eigenvalue weighted by Gasteiger charge is 2.30. The van der Waals surface area contributed by atoms with E-state index in [1.165, 1.54) is 34.8 Å². The van der Waals surface area contributed by atoms with Gasteiger partial charge in [-0.25, -0.2) is 4.98 Å². The number of benzene rings is 1. The number of hydrazine groups is 1. The Morgan fingerprint density at radius 2 is 2.04 bits per heavy atom. The van der Waals surface area contributed by atoms with Crippen molar-refractivity contribution in [1.82, 2.24) is 10.4 Å². The Balaban J connectivity index is 1.57. The van der Waals surface area contributed by atoms with Gasteiger partial charge in [-0.1, -0.05) is 17.7 Å². The second-order valence-electron chi connectivity index (χ2n) is 5.18. The van der Waals surface area contributed by atoms with Crippen molar-refractivity contribution in [2.45, 2.75) is 12.6 Å². The van der Waals surface area contributed by atoms with E-state index in [2.05, 4.69) is 15.8 Å². The molecule has 0 atom stereocenters. The van der Waals surface area contributed by atoms with Crippen molar-refractivity contribution in [3.8, 4) is 9.88 Å². The number of anilines is 1. The Morgan fingerprint density at radius 3 is 2.73 bits per heavy atom. The Kier molecular flexibility index (Phi) is 5.49. The van der Waals surface area contributed by atoms with E-state index >= 15 is 0 Å². The number of hydrogen-bond acceptors (Lipinski definition) is 5. The van der Waals surface area contributed by atoms with Crippen LogP contribution in [0.25, 0.3) is 9.88 Å². The Morgan fingerprint density at radius 1 is 1.23 bits per heavy atom. The van der Waals surface area contributed by atoms with Crippen LogP contribution in [0.4, 0.5) is 18.9 Å². The van der Waals surface area contributed by atoms with Gasteiger partial charge in [0.1, 0.15) is 5.01 Å². The number of carbonyl (C=O) groups is 1. The number of carbonyl (C=O) groups excluding carboxylic acids is 1. The van der Waals surface area contributed by atoms with Gasteiger partial charge in [-0.05, 0) is 30.3 Å². The van der Waals surface area contributed by atoms with E-state index in [0.29, 0.717) is 10.0 Å². The molecule has 0 unspecified atom stereocenters. The minimum Gasteiger partial charge on any atom is -0.299 e. The summed E-state index contributed by atoms with van der Waals surface area (Å²) >= 11 is 8.68. The topological polar surface area (TPSA) is 54.0 Å². The number of aromatic nitrogens is 1. The molecule has 10 heteroatoms. The fraction of sp³-hybridized carbons (Fsp3) is 0.125. The molecule has 3 aromatic rings. The van der Waals surface area contributed by atoms with Gasteiger partial charge in [0.25, 0.3) is 0 Å². The number of thiazole rings is 1. The van der Waals surface area contributed by atoms with E-state index in [0.717, 1.165) is 22.0 Å². The quantitative estimate of drug-likeness (QED) is 0.559. The second kappa shape index (κ2) is 7.65. The molecular formula is C16H11ClF3N3OS2. The third-order valence-corrected chi connectivity index (χ3v) is 5.51. The number of thiophene rings is 1. The van der Waals surface area contributed by atoms with Crippen LogP contribution in [0, 0.1) is 0 Å². The largest absolute Gasteiger partial charge is 0.416 e. The molecule has 0 radical (unpaired) electrons. The van der Waals surface area contributed by atoms with Crippen molar-refractivity contribution in [2.24, 2.45) is 0 Å². The van der Waals surface area contributed by atoms with Crippen LogP contribution >= 0.6 is 34.3 Å². The summed E-state index contributed by atoms with van der Waals surface area (Å²) in [6, 6.07) is 8.19. The van der Waals surface area contributed by atoms with Crippen LogP contribution in [-0.4, -0.2) is 10.9 Å². The highest BCUT2D eigenvalue weighted by molar-refractivity contribution is 7.23. The van der Waals surface area contributed by atoms with Crippen molar-refractivity contribution in [2.75, 3.05) is 5.43 Å². The van der Waals surface area contributed by atoms with Gasteiger partial charge in [0, 0.05) is 5.38 Å². The first-order valence-electron chi connectivity index (χ1n) is 7.23. The third kappa shape index (κ3) is 4.75. The van der Waals surface area contributed by atoms with Crippen LogP contribution < -0.4 is 10.9 Å². The van der Waals surface area contributed by atoms with Crippen LogP contribution in [0.3, 0.4) is 0 Å². The summed E-state index contributed by atoms with van der Waals surface area (Å²) in [6.07, 6.45) is -4.44. The summed E-state index contributed by atoms with van der Waals surface area (Å²) in [6.45, 7) is 0. The average molecular weight is 418 g/mol. The number of halogens is 4. The fourth-order valence-electron chi connectivity index (χ4n) is 2.05. The van der Waals surface area contributed by atoms with E-state index in [-0.39, 0.29) is 12.1 Å². The lowest BCUT2D eigenvalue weighted by molar-refractivity contribution is -0.137. The number of nitrogens with zero attached hydrogens (tertiary/aromatic N) is 1. The number of amides is 1. The standard InChI is InChI=1S/C16H11ClF3N3OS2/c17-13-5-4-12(26-13)15-21-11(8-25-15)7-14(24)23-22-10-3-1-2-9(6-10)16(18,19)20/h1-6,8,22H,7H2,(H,23,24). The summed E-state index contributed by atoms with van der Waals surface area (Å²) in [5, 5.41) is 2.52. The van der Waals surface area contributed by atoms with E-state index in [1.807, 2.05) is 6.07 Å². The first-order chi connectivity index (χ1) is 12.3. The second-order valence-corrected chi connectivity index (χ2v) is 7.75. The summed E-state index contributed by atoms with van der Waals surface area (Å²) in [5.74, 6) is -0.413. The summed E-state index contributed by atoms with van der Waals surface area (Å²) in [5.41, 5.74) is 4.76. The molecule has 0 spiro atoms. The molecule has 2 N–H and O–H groups in total. The van der Waals surface area contributed by atoms with Gasteiger partial charge >= 0.3 is 6.18 Å². The van der Waals surface area contributed by atoms with Crippen molar-refractivity contribution >= 4 is 45.9 Å². The molecule has 26 heavy (non-hydrogen) atoms. The molecule has 0 aliphatic rings. The van der Waals surface area contributed by atoms with Gasteiger partial charge in [-0.2, -0.15) is 13.2 Å². The normalized spacial score (nSPS) is 11.4. The zero-order valence-electron chi connectivity index (χ0n) is 12.9. The molecule has 0 bridgehead atoms. The minimum atomic E-state index is -4.44. The van der Waals surface area contributed by atoms with Gasteiger partial charge in [0.2, 0.25) is 5.91 Å². The third-order valence-electron chi connectivity index (χ3n) is 3.21. The highest BCUT2D eigenvalue weighted by Crippen LogP contribution is 2.33. The predicted molar refractivity (Wildman–Crippen MR) is 97.4 cm³/mol. The number of rotatable bonds is 5. The molecule has 0 aliphatic carbocycles. The summed E-state index contributed by atoms with van der Waals surface area (Å²) in [4.78, 5) is 17.2. The number of nitrogens with one attached hydrogen (secondary N) is 2. The molecule has 0 saturated carbocycles. The van der Waals surface area contributed by atoms with Crippen LogP contribution in [0.1, 0.15) is 11.3 Å². The van der Waals surface area contributed by atoms with Gasteiger partial charge in [0.05, 0.1) is 32.6 Å². The Labute approximate surface area is 159 Å². The fourth-order valence-corrected chi connectivity index (χ4v) is 3.99. The first-order valence-corrected chi connectivity index (χ1v) is 9.31. The maximum absolute atomic E-state index is 12.7. The summed E-state index contributed by atoms with van der Waals surface area (Å²) in [7, 11) is 0. The molecule has 0 aliphatic heterocycles. The first kappa shape index (κ1) is 18.7. The molecule has 1 amide bonds. The van der Waals surface area contributed by atoms with Crippen molar-refractivity contribution < 1.29 is 18.0 Å². The molecular weight excluding hydrogens is 407 g/mol. The molecule has 0 fully saturated rings. The Hall–Kier alpha value is -2.10. The zero-order chi connectivity index (χ0) is 18.7. The lowest BCUT2D eigenvalue weighted by atomic mass is 10.2. The van der Waals surface area contributed by atoms with Crippen LogP contribution in [-0.2, 0) is 17.4 Å². The van der Waals surface area contributed by atoms with E-state index in [1.54, 1.807) is 11.4 Å². The summed E-state index contributed by atoms with van der Waals surface area (Å²) < 4.78 is 38.7. The van der Waals surface area contributed by atoms with Crippen molar-refractivity contribution in [1.29, 1.82) is 0 Å². The minimum absolute atomic E-state index is 0.00156. The zero-order valence-corrected chi connectivity index (χ0v) is 15.3. The molecule has 136 valence electrons. The van der Waals surface area contributed by atoms with Gasteiger partial charge in [-0.15, -0.1) is 22.7 Å². The van der Waals surface area contributed by atoms with Crippen LogP contribution in [0.15, 0.2) is 41.8 Å². The van der Waals surface area contributed by atoms with E-state index in [9.17, 15) is 18.0 Å². The SMILES string of the molecule is O=C(Cc1csc(-c2ccc(Cl)s2)n1)NNc1cccc(C(F)(F)F)c1. The van der Waals surface area contributed by atoms with Crippen molar-refractivity contribution in [3.05, 3.63) is 57.4 Å². The smallest absolute Gasteiger partial charge is 0.299 e. The molecule has 2 aromatic heterocycles. The predicted octanol–water partition coefficient (Wildman–Crippen LogP) is 5.23. The molecule has 3 rings (SSSR count). The monoisotopic (exact) mass is 417 g/mol. The maximum Gasteiger partial charge on any atom is 0.416 e. The maximum atomic E-state index is 12.7. The average Bonchev–Trinajstić information content (AvgIpc) is 3.21. The van der Waals surface area contributed by atoms with E-state index in [4.69, 9.17) is 11.6 Å². The molecule has 0 saturated heterocycles. The lowest BCUT2D eigenvalue weighted by Gasteiger charge is -2.11. The van der Waals surface area contributed by atoms with Crippen LogP contribution in [0.5, 0.6) is 0 Å². The molecule has 4 nitrogen and oxygen atoms in total. The van der Waals surface area contributed by atoms with Gasteiger partial charge in [0.15, 0.2) is 0 Å². The van der Waals surface area contributed by atoms with Crippen LogP contribution in [0.2, 0.25) is 4.34 Å². The Bertz CT molecular complexity index is 923. The van der Waals surface area contributed by atoms with Gasteiger partial charge < -0.3 is 0 Å². The lowest BCUT2D eigenvalue weighted by Crippen LogP contribution is -2.30.